The summed E-state index contributed by atoms with van der Waals surface area (Å²) in [7, 11) is 1.79. The number of aliphatic imine (C=N–C) groups is 1. The van der Waals surface area contributed by atoms with Crippen molar-refractivity contribution < 1.29 is 9.47 Å². The molecule has 148 valence electrons. The lowest BCUT2D eigenvalue weighted by molar-refractivity contribution is -0.0828. The van der Waals surface area contributed by atoms with Crippen LogP contribution in [-0.4, -0.2) is 75.0 Å². The average Bonchev–Trinajstić information content (AvgIpc) is 2.59. The van der Waals surface area contributed by atoms with E-state index in [1.165, 1.54) is 0 Å². The standard InChI is InChI=1S/C19H40N4O2/c1-7-20-18(21-11-8-12-23(16(2)3)17(4)5)22-15-19(24-6)9-13-25-14-10-19/h16-17H,7-15H2,1-6H3,(H2,20,21,22). The summed E-state index contributed by atoms with van der Waals surface area (Å²) in [5, 5.41) is 6.80. The fourth-order valence-corrected chi connectivity index (χ4v) is 3.32. The van der Waals surface area contributed by atoms with Crippen LogP contribution in [0.1, 0.15) is 53.9 Å². The van der Waals surface area contributed by atoms with Gasteiger partial charge in [-0.2, -0.15) is 0 Å². The lowest BCUT2D eigenvalue weighted by Gasteiger charge is -2.34. The fraction of sp³-hybridized carbons (Fsp3) is 0.947. The maximum Gasteiger partial charge on any atom is 0.191 e. The van der Waals surface area contributed by atoms with Crippen LogP contribution >= 0.6 is 0 Å². The van der Waals surface area contributed by atoms with Gasteiger partial charge in [-0.25, -0.2) is 0 Å². The van der Waals surface area contributed by atoms with Gasteiger partial charge in [-0.15, -0.1) is 0 Å². The van der Waals surface area contributed by atoms with Crippen molar-refractivity contribution in [2.75, 3.05) is 46.5 Å². The van der Waals surface area contributed by atoms with Gasteiger partial charge in [-0.1, -0.05) is 0 Å². The first kappa shape index (κ1) is 22.2. The molecule has 0 aromatic rings. The predicted octanol–water partition coefficient (Wildman–Crippen LogP) is 2.25. The molecule has 0 amide bonds. The lowest BCUT2D eigenvalue weighted by atomic mass is 9.94. The molecule has 0 aliphatic carbocycles. The second-order valence-electron chi connectivity index (χ2n) is 7.40. The van der Waals surface area contributed by atoms with E-state index in [0.717, 1.165) is 58.1 Å². The van der Waals surface area contributed by atoms with Crippen LogP contribution in [0.3, 0.4) is 0 Å². The number of ether oxygens (including phenoxy) is 2. The minimum Gasteiger partial charge on any atom is -0.381 e. The van der Waals surface area contributed by atoms with Crippen LogP contribution in [0.15, 0.2) is 4.99 Å². The van der Waals surface area contributed by atoms with E-state index < -0.39 is 0 Å². The molecule has 25 heavy (non-hydrogen) atoms. The van der Waals surface area contributed by atoms with Gasteiger partial charge in [0.15, 0.2) is 5.96 Å². The molecule has 0 saturated carbocycles. The van der Waals surface area contributed by atoms with E-state index in [-0.39, 0.29) is 5.60 Å². The molecule has 6 heteroatoms. The van der Waals surface area contributed by atoms with Crippen LogP contribution in [0.5, 0.6) is 0 Å². The third kappa shape index (κ3) is 7.92. The van der Waals surface area contributed by atoms with E-state index in [4.69, 9.17) is 14.5 Å². The molecule has 1 saturated heterocycles. The van der Waals surface area contributed by atoms with E-state index in [1.54, 1.807) is 7.11 Å². The Balaban J connectivity index is 2.47. The SMILES string of the molecule is CCNC(=NCC1(OC)CCOCC1)NCCCN(C(C)C)C(C)C. The number of nitrogens with zero attached hydrogens (tertiary/aromatic N) is 2. The van der Waals surface area contributed by atoms with E-state index >= 15 is 0 Å². The summed E-state index contributed by atoms with van der Waals surface area (Å²) in [6.45, 7) is 16.2. The predicted molar refractivity (Wildman–Crippen MR) is 105 cm³/mol. The van der Waals surface area contributed by atoms with E-state index in [0.29, 0.717) is 18.6 Å². The second kappa shape index (κ2) is 11.7. The maximum atomic E-state index is 5.77. The Bertz CT molecular complexity index is 372. The highest BCUT2D eigenvalue weighted by Gasteiger charge is 2.32. The lowest BCUT2D eigenvalue weighted by Crippen LogP contribution is -2.44. The van der Waals surface area contributed by atoms with Crippen molar-refractivity contribution in [2.45, 2.75) is 71.6 Å². The molecule has 6 nitrogen and oxygen atoms in total. The second-order valence-corrected chi connectivity index (χ2v) is 7.40. The zero-order valence-electron chi connectivity index (χ0n) is 17.2. The number of rotatable bonds is 10. The molecule has 0 atom stereocenters. The van der Waals surface area contributed by atoms with Crippen LogP contribution < -0.4 is 10.6 Å². The number of methoxy groups -OCH3 is 1. The minimum atomic E-state index is -0.174. The van der Waals surface area contributed by atoms with Gasteiger partial charge in [-0.3, -0.25) is 9.89 Å². The van der Waals surface area contributed by atoms with Crippen molar-refractivity contribution >= 4 is 5.96 Å². The number of guanidine groups is 1. The van der Waals surface area contributed by atoms with Crippen LogP contribution in [0.25, 0.3) is 0 Å². The van der Waals surface area contributed by atoms with Crippen LogP contribution in [0.4, 0.5) is 0 Å². The van der Waals surface area contributed by atoms with Crippen molar-refractivity contribution in [2.24, 2.45) is 4.99 Å². The monoisotopic (exact) mass is 356 g/mol. The summed E-state index contributed by atoms with van der Waals surface area (Å²) in [6.07, 6.45) is 2.91. The zero-order valence-corrected chi connectivity index (χ0v) is 17.2. The molecule has 0 radical (unpaired) electrons. The Morgan fingerprint density at radius 2 is 1.80 bits per heavy atom. The smallest absolute Gasteiger partial charge is 0.191 e. The first-order valence-electron chi connectivity index (χ1n) is 9.85. The van der Waals surface area contributed by atoms with Gasteiger partial charge < -0.3 is 20.1 Å². The third-order valence-electron chi connectivity index (χ3n) is 4.92. The van der Waals surface area contributed by atoms with Gasteiger partial charge in [0, 0.05) is 64.9 Å². The molecular weight excluding hydrogens is 316 g/mol. The summed E-state index contributed by atoms with van der Waals surface area (Å²) in [5.74, 6) is 0.881. The summed E-state index contributed by atoms with van der Waals surface area (Å²) in [5.41, 5.74) is -0.174. The topological polar surface area (TPSA) is 58.1 Å². The van der Waals surface area contributed by atoms with Crippen molar-refractivity contribution in [3.63, 3.8) is 0 Å². The molecule has 2 N–H and O–H groups in total. The van der Waals surface area contributed by atoms with Crippen LogP contribution in [0, 0.1) is 0 Å². The van der Waals surface area contributed by atoms with Gasteiger partial charge in [0.05, 0.1) is 12.1 Å². The van der Waals surface area contributed by atoms with E-state index in [2.05, 4.69) is 50.2 Å². The normalized spacial score (nSPS) is 18.2. The quantitative estimate of drug-likeness (QED) is 0.357. The minimum absolute atomic E-state index is 0.174. The highest BCUT2D eigenvalue weighted by molar-refractivity contribution is 5.79. The fourth-order valence-electron chi connectivity index (χ4n) is 3.32. The third-order valence-corrected chi connectivity index (χ3v) is 4.92. The van der Waals surface area contributed by atoms with Crippen LogP contribution in [0.2, 0.25) is 0 Å². The van der Waals surface area contributed by atoms with Gasteiger partial charge in [0.25, 0.3) is 0 Å². The average molecular weight is 357 g/mol. The number of hydrogen-bond acceptors (Lipinski definition) is 4. The Morgan fingerprint density at radius 3 is 2.32 bits per heavy atom. The molecule has 1 rings (SSSR count). The largest absolute Gasteiger partial charge is 0.381 e. The first-order valence-corrected chi connectivity index (χ1v) is 9.85. The van der Waals surface area contributed by atoms with Crippen molar-refractivity contribution in [3.8, 4) is 0 Å². The van der Waals surface area contributed by atoms with Crippen LogP contribution in [-0.2, 0) is 9.47 Å². The molecule has 1 aliphatic heterocycles. The van der Waals surface area contributed by atoms with Gasteiger partial charge in [0.2, 0.25) is 0 Å². The zero-order chi connectivity index (χ0) is 18.7. The molecule has 1 heterocycles. The molecule has 0 bridgehead atoms. The van der Waals surface area contributed by atoms with Gasteiger partial charge in [0.1, 0.15) is 0 Å². The summed E-state index contributed by atoms with van der Waals surface area (Å²) in [6, 6.07) is 1.16. The van der Waals surface area contributed by atoms with Gasteiger partial charge in [-0.05, 0) is 41.0 Å². The first-order chi connectivity index (χ1) is 11.9. The summed E-state index contributed by atoms with van der Waals surface area (Å²) >= 11 is 0. The Hall–Kier alpha value is -0.850. The Kier molecular flexibility index (Phi) is 10.4. The molecule has 1 aliphatic rings. The molecule has 1 fully saturated rings. The molecule has 0 aromatic carbocycles. The molecule has 0 unspecified atom stereocenters. The van der Waals surface area contributed by atoms with Crippen molar-refractivity contribution in [3.05, 3.63) is 0 Å². The van der Waals surface area contributed by atoms with Gasteiger partial charge >= 0.3 is 0 Å². The highest BCUT2D eigenvalue weighted by atomic mass is 16.5. The Labute approximate surface area is 154 Å². The van der Waals surface area contributed by atoms with E-state index in [1.807, 2.05) is 0 Å². The summed E-state index contributed by atoms with van der Waals surface area (Å²) in [4.78, 5) is 7.29. The number of hydrogen-bond donors (Lipinski definition) is 2. The number of nitrogens with one attached hydrogen (secondary N) is 2. The summed E-state index contributed by atoms with van der Waals surface area (Å²) < 4.78 is 11.2. The molecule has 0 aromatic heterocycles. The maximum absolute atomic E-state index is 5.77. The van der Waals surface area contributed by atoms with Crippen molar-refractivity contribution in [1.82, 2.24) is 15.5 Å². The molecular formula is C19H40N4O2. The van der Waals surface area contributed by atoms with Crippen molar-refractivity contribution in [1.29, 1.82) is 0 Å². The highest BCUT2D eigenvalue weighted by Crippen LogP contribution is 2.24. The van der Waals surface area contributed by atoms with E-state index in [9.17, 15) is 0 Å². The Morgan fingerprint density at radius 1 is 1.16 bits per heavy atom. The molecule has 0 spiro atoms.